The van der Waals surface area contributed by atoms with Crippen LogP contribution in [0.25, 0.3) is 0 Å². The van der Waals surface area contributed by atoms with Gasteiger partial charge < -0.3 is 9.47 Å². The number of aryl methyl sites for hydroxylation is 1. The highest BCUT2D eigenvalue weighted by Gasteiger charge is 2.19. The van der Waals surface area contributed by atoms with Crippen molar-refractivity contribution in [3.05, 3.63) is 41.7 Å². The van der Waals surface area contributed by atoms with Crippen molar-refractivity contribution in [2.45, 2.75) is 19.5 Å². The minimum Gasteiger partial charge on any atom is -0.497 e. The summed E-state index contributed by atoms with van der Waals surface area (Å²) < 4.78 is 12.5. The number of nitrogens with one attached hydrogen (secondary N) is 1. The molecular weight excluding hydrogens is 256 g/mol. The molecule has 0 amide bonds. The van der Waals surface area contributed by atoms with E-state index in [1.807, 2.05) is 36.0 Å². The van der Waals surface area contributed by atoms with Gasteiger partial charge in [0.25, 0.3) is 0 Å². The van der Waals surface area contributed by atoms with Gasteiger partial charge in [0, 0.05) is 29.9 Å². The van der Waals surface area contributed by atoms with E-state index in [1.165, 1.54) is 0 Å². The minimum absolute atomic E-state index is 0.184. The molecule has 20 heavy (non-hydrogen) atoms. The molecule has 2 rings (SSSR count). The second-order valence-corrected chi connectivity index (χ2v) is 4.34. The van der Waals surface area contributed by atoms with Crippen molar-refractivity contribution in [2.24, 2.45) is 5.84 Å². The first-order chi connectivity index (χ1) is 9.73. The maximum atomic E-state index is 5.71. The van der Waals surface area contributed by atoms with Gasteiger partial charge in [-0.05, 0) is 19.1 Å². The van der Waals surface area contributed by atoms with Crippen LogP contribution in [0.1, 0.15) is 24.1 Å². The van der Waals surface area contributed by atoms with Crippen LogP contribution in [0, 0.1) is 0 Å². The molecule has 6 heteroatoms. The van der Waals surface area contributed by atoms with Gasteiger partial charge in [-0.15, -0.1) is 0 Å². The first-order valence-electron chi connectivity index (χ1n) is 6.43. The summed E-state index contributed by atoms with van der Waals surface area (Å²) in [6, 6.07) is 5.47. The van der Waals surface area contributed by atoms with Crippen LogP contribution < -0.4 is 20.7 Å². The van der Waals surface area contributed by atoms with Gasteiger partial charge in [-0.25, -0.2) is 5.43 Å². The first-order valence-corrected chi connectivity index (χ1v) is 6.43. The summed E-state index contributed by atoms with van der Waals surface area (Å²) in [6.45, 7) is 2.85. The summed E-state index contributed by atoms with van der Waals surface area (Å²) in [5.41, 5.74) is 4.73. The number of aromatic nitrogens is 2. The molecule has 0 bridgehead atoms. The largest absolute Gasteiger partial charge is 0.497 e. The molecule has 0 saturated carbocycles. The van der Waals surface area contributed by atoms with Gasteiger partial charge in [0.15, 0.2) is 0 Å². The van der Waals surface area contributed by atoms with Crippen molar-refractivity contribution in [2.75, 3.05) is 14.2 Å². The molecule has 108 valence electrons. The number of rotatable bonds is 6. The summed E-state index contributed by atoms with van der Waals surface area (Å²) >= 11 is 0. The van der Waals surface area contributed by atoms with Crippen molar-refractivity contribution in [3.63, 3.8) is 0 Å². The second-order valence-electron chi connectivity index (χ2n) is 4.34. The van der Waals surface area contributed by atoms with Gasteiger partial charge in [-0.2, -0.15) is 5.10 Å². The monoisotopic (exact) mass is 276 g/mol. The molecule has 0 fully saturated rings. The van der Waals surface area contributed by atoms with E-state index in [4.69, 9.17) is 15.3 Å². The van der Waals surface area contributed by atoms with E-state index >= 15 is 0 Å². The van der Waals surface area contributed by atoms with Gasteiger partial charge in [0.2, 0.25) is 0 Å². The fraction of sp³-hybridized carbons (Fsp3) is 0.357. The maximum Gasteiger partial charge on any atom is 0.127 e. The Morgan fingerprint density at radius 2 is 2.15 bits per heavy atom. The maximum absolute atomic E-state index is 5.71. The third kappa shape index (κ3) is 2.76. The molecular formula is C14H20N4O2. The Morgan fingerprint density at radius 3 is 2.70 bits per heavy atom. The molecule has 0 spiro atoms. The van der Waals surface area contributed by atoms with Gasteiger partial charge in [-0.3, -0.25) is 10.5 Å². The van der Waals surface area contributed by atoms with E-state index in [0.29, 0.717) is 0 Å². The summed E-state index contributed by atoms with van der Waals surface area (Å²) in [6.07, 6.45) is 3.77. The van der Waals surface area contributed by atoms with Crippen LogP contribution in [-0.4, -0.2) is 24.0 Å². The highest BCUT2D eigenvalue weighted by Crippen LogP contribution is 2.32. The Bertz CT molecular complexity index is 568. The number of benzene rings is 1. The van der Waals surface area contributed by atoms with Gasteiger partial charge in [0.05, 0.1) is 26.5 Å². The fourth-order valence-electron chi connectivity index (χ4n) is 2.12. The van der Waals surface area contributed by atoms with Crippen molar-refractivity contribution in [1.29, 1.82) is 0 Å². The highest BCUT2D eigenvalue weighted by molar-refractivity contribution is 5.45. The van der Waals surface area contributed by atoms with Crippen molar-refractivity contribution in [3.8, 4) is 11.5 Å². The zero-order valence-electron chi connectivity index (χ0n) is 12.0. The van der Waals surface area contributed by atoms with Crippen LogP contribution in [0.15, 0.2) is 30.6 Å². The van der Waals surface area contributed by atoms with E-state index in [1.54, 1.807) is 20.4 Å². The molecule has 0 aliphatic heterocycles. The average molecular weight is 276 g/mol. The molecule has 1 aromatic carbocycles. The van der Waals surface area contributed by atoms with Crippen LogP contribution in [0.5, 0.6) is 11.5 Å². The van der Waals surface area contributed by atoms with E-state index in [2.05, 4.69) is 10.5 Å². The lowest BCUT2D eigenvalue weighted by molar-refractivity contribution is 0.387. The quantitative estimate of drug-likeness (QED) is 0.617. The second kappa shape index (κ2) is 6.40. The van der Waals surface area contributed by atoms with Crippen molar-refractivity contribution in [1.82, 2.24) is 15.2 Å². The Kier molecular flexibility index (Phi) is 4.60. The van der Waals surface area contributed by atoms with Crippen LogP contribution in [0.2, 0.25) is 0 Å². The molecule has 0 aliphatic rings. The summed E-state index contributed by atoms with van der Waals surface area (Å²) in [5, 5.41) is 4.27. The lowest BCUT2D eigenvalue weighted by Crippen LogP contribution is -2.29. The Morgan fingerprint density at radius 1 is 1.35 bits per heavy atom. The number of hydrazine groups is 1. The topological polar surface area (TPSA) is 74.3 Å². The Labute approximate surface area is 118 Å². The summed E-state index contributed by atoms with van der Waals surface area (Å²) in [5.74, 6) is 7.17. The predicted molar refractivity (Wildman–Crippen MR) is 76.6 cm³/mol. The number of methoxy groups -OCH3 is 2. The SMILES string of the molecule is CCn1cc(C(NN)c2ccc(OC)cc2OC)cn1. The number of hydrogen-bond donors (Lipinski definition) is 2. The number of nitrogens with zero attached hydrogens (tertiary/aromatic N) is 2. The number of ether oxygens (including phenoxy) is 2. The van der Waals surface area contributed by atoms with Gasteiger partial charge in [0.1, 0.15) is 11.5 Å². The molecule has 1 unspecified atom stereocenters. The highest BCUT2D eigenvalue weighted by atomic mass is 16.5. The van der Waals surface area contributed by atoms with E-state index in [-0.39, 0.29) is 6.04 Å². The average Bonchev–Trinajstić information content (AvgIpc) is 2.97. The standard InChI is InChI=1S/C14H20N4O2/c1-4-18-9-10(8-16-18)14(17-15)12-6-5-11(19-2)7-13(12)20-3/h5-9,14,17H,4,15H2,1-3H3. The lowest BCUT2D eigenvalue weighted by Gasteiger charge is -2.18. The third-order valence-electron chi connectivity index (χ3n) is 3.23. The predicted octanol–water partition coefficient (Wildman–Crippen LogP) is 1.47. The van der Waals surface area contributed by atoms with Gasteiger partial charge in [-0.1, -0.05) is 0 Å². The van der Waals surface area contributed by atoms with E-state index in [9.17, 15) is 0 Å². The van der Waals surface area contributed by atoms with E-state index in [0.717, 1.165) is 29.2 Å². The zero-order chi connectivity index (χ0) is 14.5. The van der Waals surface area contributed by atoms with Crippen LogP contribution in [0.3, 0.4) is 0 Å². The van der Waals surface area contributed by atoms with Crippen LogP contribution in [-0.2, 0) is 6.54 Å². The normalized spacial score (nSPS) is 12.2. The molecule has 6 nitrogen and oxygen atoms in total. The van der Waals surface area contributed by atoms with E-state index < -0.39 is 0 Å². The van der Waals surface area contributed by atoms with Crippen molar-refractivity contribution < 1.29 is 9.47 Å². The molecule has 1 heterocycles. The fourth-order valence-corrected chi connectivity index (χ4v) is 2.12. The smallest absolute Gasteiger partial charge is 0.127 e. The molecule has 2 aromatic rings. The molecule has 0 aliphatic carbocycles. The molecule has 0 saturated heterocycles. The lowest BCUT2D eigenvalue weighted by atomic mass is 10.0. The number of hydrogen-bond acceptors (Lipinski definition) is 5. The molecule has 1 atom stereocenters. The van der Waals surface area contributed by atoms with Crippen LogP contribution >= 0.6 is 0 Å². The molecule has 0 radical (unpaired) electrons. The van der Waals surface area contributed by atoms with Gasteiger partial charge >= 0.3 is 0 Å². The summed E-state index contributed by atoms with van der Waals surface area (Å²) in [4.78, 5) is 0. The summed E-state index contributed by atoms with van der Waals surface area (Å²) in [7, 11) is 3.25. The Balaban J connectivity index is 2.40. The van der Waals surface area contributed by atoms with Crippen molar-refractivity contribution >= 4 is 0 Å². The third-order valence-corrected chi connectivity index (χ3v) is 3.23. The minimum atomic E-state index is -0.184. The molecule has 3 N–H and O–H groups in total. The number of nitrogens with two attached hydrogens (primary N) is 1. The first kappa shape index (κ1) is 14.4. The Hall–Kier alpha value is -2.05. The zero-order valence-corrected chi connectivity index (χ0v) is 12.0. The van der Waals surface area contributed by atoms with Crippen LogP contribution in [0.4, 0.5) is 0 Å². The molecule has 1 aromatic heterocycles.